The fraction of sp³-hybridized carbons (Fsp3) is 0.438. The maximum absolute atomic E-state index is 11.1. The molecule has 42 heavy (non-hydrogen) atoms. The zero-order valence-electron chi connectivity index (χ0n) is 24.0. The summed E-state index contributed by atoms with van der Waals surface area (Å²) in [5.41, 5.74) is 3.77. The number of halogens is 2. The zero-order chi connectivity index (χ0) is 29.9. The summed E-state index contributed by atoms with van der Waals surface area (Å²) >= 11 is 13.3. The van der Waals surface area contributed by atoms with Gasteiger partial charge in [-0.05, 0) is 81.2 Å². The lowest BCUT2D eigenvalue weighted by molar-refractivity contribution is -0.138. The lowest BCUT2D eigenvalue weighted by Gasteiger charge is -2.24. The number of carboxylic acids is 1. The van der Waals surface area contributed by atoms with Crippen LogP contribution in [0, 0.1) is 11.8 Å². The molecule has 5 rings (SSSR count). The largest absolute Gasteiger partial charge is 0.496 e. The fourth-order valence-electron chi connectivity index (χ4n) is 5.17. The molecule has 1 saturated carbocycles. The zero-order valence-corrected chi connectivity index (χ0v) is 25.5. The molecule has 2 aromatic carbocycles. The average molecular weight is 613 g/mol. The van der Waals surface area contributed by atoms with Crippen LogP contribution < -0.4 is 14.2 Å². The van der Waals surface area contributed by atoms with E-state index in [2.05, 4.69) is 16.9 Å². The van der Waals surface area contributed by atoms with Gasteiger partial charge in [0.1, 0.15) is 29.1 Å². The summed E-state index contributed by atoms with van der Waals surface area (Å²) in [4.78, 5) is 25.4. The van der Waals surface area contributed by atoms with Crippen LogP contribution in [0.1, 0.15) is 62.8 Å². The quantitative estimate of drug-likeness (QED) is 0.239. The Kier molecular flexibility index (Phi) is 9.23. The summed E-state index contributed by atoms with van der Waals surface area (Å²) < 4.78 is 17.9. The van der Waals surface area contributed by atoms with E-state index in [0.29, 0.717) is 40.2 Å². The Balaban J connectivity index is 1.52. The minimum atomic E-state index is -0.865. The van der Waals surface area contributed by atoms with E-state index in [1.807, 2.05) is 37.3 Å². The first-order chi connectivity index (χ1) is 20.1. The molecule has 2 heterocycles. The minimum Gasteiger partial charge on any atom is -0.496 e. The van der Waals surface area contributed by atoms with Crippen LogP contribution in [0.4, 0.5) is 5.69 Å². The Morgan fingerprint density at radius 2 is 1.98 bits per heavy atom. The van der Waals surface area contributed by atoms with E-state index in [9.17, 15) is 4.79 Å². The average Bonchev–Trinajstić information content (AvgIpc) is 3.66. The van der Waals surface area contributed by atoms with Crippen molar-refractivity contribution in [1.29, 1.82) is 0 Å². The molecule has 3 aromatic rings. The number of hydrogen-bond donors (Lipinski definition) is 1. The SMILES string of the molecule is COc1ccc(Cl)cc1CC1CCc2ncnc(OC3(C)CC3)c2N=C(c2cccc(OC[C@H](C)CC(=O)O)c2Cl)C1. The first-order valence-corrected chi connectivity index (χ1v) is 15.0. The number of nitrogens with zero attached hydrogens (tertiary/aromatic N) is 3. The molecule has 222 valence electrons. The first kappa shape index (κ1) is 30.1. The number of hydrogen-bond acceptors (Lipinski definition) is 7. The number of aryl methyl sites for hydroxylation is 1. The summed E-state index contributed by atoms with van der Waals surface area (Å²) in [6, 6.07) is 11.3. The van der Waals surface area contributed by atoms with Gasteiger partial charge in [-0.2, -0.15) is 4.98 Å². The number of methoxy groups -OCH3 is 1. The highest BCUT2D eigenvalue weighted by Gasteiger charge is 2.41. The van der Waals surface area contributed by atoms with Crippen molar-refractivity contribution in [3.05, 3.63) is 69.6 Å². The molecule has 1 aliphatic carbocycles. The van der Waals surface area contributed by atoms with Crippen LogP contribution in [0.25, 0.3) is 0 Å². The molecule has 1 fully saturated rings. The lowest BCUT2D eigenvalue weighted by Crippen LogP contribution is -2.19. The maximum Gasteiger partial charge on any atom is 0.303 e. The maximum atomic E-state index is 11.1. The number of aliphatic carboxylic acids is 1. The Bertz CT molecular complexity index is 1490. The van der Waals surface area contributed by atoms with Gasteiger partial charge in [0.25, 0.3) is 0 Å². The smallest absolute Gasteiger partial charge is 0.303 e. The van der Waals surface area contributed by atoms with Gasteiger partial charge in [-0.15, -0.1) is 0 Å². The normalized spacial score (nSPS) is 18.1. The lowest BCUT2D eigenvalue weighted by atomic mass is 9.86. The second-order valence-corrected chi connectivity index (χ2v) is 12.3. The van der Waals surface area contributed by atoms with E-state index in [4.69, 9.17) is 47.5 Å². The van der Waals surface area contributed by atoms with Crippen LogP contribution in [-0.4, -0.2) is 46.1 Å². The van der Waals surface area contributed by atoms with Crippen LogP contribution in [0.5, 0.6) is 17.4 Å². The monoisotopic (exact) mass is 611 g/mol. The Hall–Kier alpha value is -3.36. The van der Waals surface area contributed by atoms with Gasteiger partial charge in [0, 0.05) is 16.5 Å². The molecule has 10 heteroatoms. The number of aliphatic imine (C=N–C) groups is 1. The number of carbonyl (C=O) groups is 1. The van der Waals surface area contributed by atoms with Crippen LogP contribution >= 0.6 is 23.2 Å². The predicted molar refractivity (Wildman–Crippen MR) is 163 cm³/mol. The molecule has 0 saturated heterocycles. The van der Waals surface area contributed by atoms with E-state index < -0.39 is 5.97 Å². The van der Waals surface area contributed by atoms with Gasteiger partial charge in [-0.25, -0.2) is 9.98 Å². The summed E-state index contributed by atoms with van der Waals surface area (Å²) in [6.45, 7) is 4.14. The molecule has 1 aromatic heterocycles. The Labute approximate surface area is 256 Å². The van der Waals surface area contributed by atoms with Crippen molar-refractivity contribution in [2.75, 3.05) is 13.7 Å². The van der Waals surface area contributed by atoms with E-state index in [1.54, 1.807) is 19.5 Å². The van der Waals surface area contributed by atoms with Crippen LogP contribution in [0.2, 0.25) is 10.0 Å². The van der Waals surface area contributed by atoms with E-state index in [1.165, 1.54) is 0 Å². The Morgan fingerprint density at radius 3 is 2.71 bits per heavy atom. The van der Waals surface area contributed by atoms with Crippen molar-refractivity contribution in [1.82, 2.24) is 9.97 Å². The molecule has 0 bridgehead atoms. The Morgan fingerprint density at radius 1 is 1.17 bits per heavy atom. The number of carboxylic acid groups (broad SMARTS) is 1. The summed E-state index contributed by atoms with van der Waals surface area (Å²) in [5.74, 6) is 0.900. The highest BCUT2D eigenvalue weighted by atomic mass is 35.5. The number of ether oxygens (including phenoxy) is 3. The molecule has 0 amide bonds. The second-order valence-electron chi connectivity index (χ2n) is 11.5. The number of fused-ring (bicyclic) bond motifs is 1. The van der Waals surface area contributed by atoms with Gasteiger partial charge >= 0.3 is 5.97 Å². The van der Waals surface area contributed by atoms with Gasteiger partial charge in [-0.3, -0.25) is 4.79 Å². The summed E-state index contributed by atoms with van der Waals surface area (Å²) in [6.07, 6.45) is 6.41. The van der Waals surface area contributed by atoms with E-state index in [0.717, 1.165) is 54.0 Å². The van der Waals surface area contributed by atoms with Crippen molar-refractivity contribution < 1.29 is 24.1 Å². The highest BCUT2D eigenvalue weighted by molar-refractivity contribution is 6.35. The van der Waals surface area contributed by atoms with Crippen molar-refractivity contribution in [3.63, 3.8) is 0 Å². The molecule has 2 aliphatic rings. The standard InChI is InChI=1S/C32H35Cl2N3O5/c1-19(13-28(38)39)17-41-27-6-4-5-23(29(27)34)25-15-20(14-21-16-22(33)8-10-26(21)40-3)7-9-24-30(37-25)31(36-18-35-24)42-32(2)11-12-32/h4-6,8,10,16,18-20H,7,9,11-15,17H2,1-3H3,(H,38,39)/t19-,20?/m1/s1. The molecule has 1 N–H and O–H groups in total. The first-order valence-electron chi connectivity index (χ1n) is 14.2. The molecule has 8 nitrogen and oxygen atoms in total. The molecule has 1 aliphatic heterocycles. The van der Waals surface area contributed by atoms with E-state index in [-0.39, 0.29) is 30.5 Å². The van der Waals surface area contributed by atoms with Gasteiger partial charge in [-0.1, -0.05) is 42.3 Å². The minimum absolute atomic E-state index is 0.0111. The number of benzene rings is 2. The molecule has 1 unspecified atom stereocenters. The third kappa shape index (κ3) is 7.34. The van der Waals surface area contributed by atoms with Gasteiger partial charge in [0.15, 0.2) is 0 Å². The molecule has 0 radical (unpaired) electrons. The van der Waals surface area contributed by atoms with Crippen molar-refractivity contribution >= 4 is 40.6 Å². The molecular formula is C32H35Cl2N3O5. The predicted octanol–water partition coefficient (Wildman–Crippen LogP) is 7.53. The van der Waals surface area contributed by atoms with Crippen molar-refractivity contribution in [2.45, 2.75) is 64.4 Å². The van der Waals surface area contributed by atoms with Gasteiger partial charge < -0.3 is 19.3 Å². The van der Waals surface area contributed by atoms with E-state index >= 15 is 0 Å². The van der Waals surface area contributed by atoms with Crippen LogP contribution in [-0.2, 0) is 17.6 Å². The van der Waals surface area contributed by atoms with Crippen molar-refractivity contribution in [2.24, 2.45) is 16.8 Å². The number of aromatic nitrogens is 2. The van der Waals surface area contributed by atoms with Crippen LogP contribution in [0.15, 0.2) is 47.7 Å². The number of rotatable bonds is 11. The third-order valence-electron chi connectivity index (χ3n) is 7.75. The summed E-state index contributed by atoms with van der Waals surface area (Å²) in [5, 5.41) is 10.2. The topological polar surface area (TPSA) is 103 Å². The van der Waals surface area contributed by atoms with Crippen LogP contribution in [0.3, 0.4) is 0 Å². The molecular weight excluding hydrogens is 577 g/mol. The molecule has 0 spiro atoms. The third-order valence-corrected chi connectivity index (χ3v) is 8.38. The van der Waals surface area contributed by atoms with Gasteiger partial charge in [0.2, 0.25) is 5.88 Å². The van der Waals surface area contributed by atoms with Crippen molar-refractivity contribution in [3.8, 4) is 17.4 Å². The fourth-order valence-corrected chi connectivity index (χ4v) is 5.66. The highest BCUT2D eigenvalue weighted by Crippen LogP contribution is 2.44. The molecule has 2 atom stereocenters. The van der Waals surface area contributed by atoms with Gasteiger partial charge in [0.05, 0.1) is 36.6 Å². The second kappa shape index (κ2) is 12.9. The summed E-state index contributed by atoms with van der Waals surface area (Å²) in [7, 11) is 1.66.